The van der Waals surface area contributed by atoms with Gasteiger partial charge < -0.3 is 9.80 Å². The van der Waals surface area contributed by atoms with Gasteiger partial charge in [-0.2, -0.15) is 26.3 Å². The third-order valence-corrected chi connectivity index (χ3v) is 7.51. The lowest BCUT2D eigenvalue weighted by Gasteiger charge is -2.44. The molecule has 0 aliphatic carbocycles. The topological polar surface area (TPSA) is 56.8 Å². The fraction of sp³-hybridized carbons (Fsp3) is 0.321. The van der Waals surface area contributed by atoms with Gasteiger partial charge in [0.05, 0.1) is 11.1 Å². The molecule has 6 nitrogen and oxygen atoms in total. The maximum atomic E-state index is 14.0. The number of aromatic nitrogens is 1. The highest BCUT2D eigenvalue weighted by atomic mass is 19.4. The Morgan fingerprint density at radius 1 is 0.850 bits per heavy atom. The highest BCUT2D eigenvalue weighted by Gasteiger charge is 2.57. The average molecular weight is 563 g/mol. The number of carbonyl (C=O) groups is 2. The van der Waals surface area contributed by atoms with E-state index >= 15 is 0 Å². The summed E-state index contributed by atoms with van der Waals surface area (Å²) in [7, 11) is 0. The number of piperidine rings is 1. The summed E-state index contributed by atoms with van der Waals surface area (Å²) in [5, 5.41) is 0. The Bertz CT molecular complexity index is 1370. The minimum Gasteiger partial charge on any atom is -0.338 e. The molecule has 210 valence electrons. The van der Waals surface area contributed by atoms with Gasteiger partial charge in [-0.25, -0.2) is 0 Å². The summed E-state index contributed by atoms with van der Waals surface area (Å²) in [6, 6.07) is 13.5. The van der Waals surface area contributed by atoms with Crippen LogP contribution in [0.3, 0.4) is 0 Å². The lowest BCUT2D eigenvalue weighted by Crippen LogP contribution is -2.58. The quantitative estimate of drug-likeness (QED) is 0.368. The number of anilines is 2. The van der Waals surface area contributed by atoms with Gasteiger partial charge in [-0.3, -0.25) is 19.5 Å². The number of likely N-dealkylation sites (tertiary alicyclic amines) is 1. The first-order chi connectivity index (χ1) is 18.8. The van der Waals surface area contributed by atoms with Crippen molar-refractivity contribution < 1.29 is 35.9 Å². The normalized spacial score (nSPS) is 19.4. The van der Waals surface area contributed by atoms with E-state index < -0.39 is 46.7 Å². The molecule has 2 saturated heterocycles. The zero-order valence-corrected chi connectivity index (χ0v) is 21.2. The van der Waals surface area contributed by atoms with Crippen molar-refractivity contribution in [2.75, 3.05) is 22.9 Å². The Morgan fingerprint density at radius 2 is 1.40 bits per heavy atom. The Kier molecular flexibility index (Phi) is 6.75. The SMILES string of the molecule is CC1N(c2ccncc2)C(=O)C2(CCN(C(=O)c3cc(C(F)(F)F)cc(C(F)(F)F)c3)CC2)N1c1ccccc1. The largest absolute Gasteiger partial charge is 0.416 e. The zero-order valence-electron chi connectivity index (χ0n) is 21.2. The van der Waals surface area contributed by atoms with Crippen molar-refractivity contribution in [1.29, 1.82) is 0 Å². The van der Waals surface area contributed by atoms with E-state index in [-0.39, 0.29) is 37.9 Å². The first kappa shape index (κ1) is 27.5. The number of hydrogen-bond acceptors (Lipinski definition) is 4. The Labute approximate surface area is 225 Å². The van der Waals surface area contributed by atoms with Gasteiger partial charge >= 0.3 is 12.4 Å². The van der Waals surface area contributed by atoms with Crippen LogP contribution in [0, 0.1) is 0 Å². The second-order valence-corrected chi connectivity index (χ2v) is 9.84. The number of para-hydroxylation sites is 1. The minimum absolute atomic E-state index is 0.00795. The standard InChI is InChI=1S/C28H24F6N4O2/c1-18-37(22-7-11-35-12-8-22)25(40)26(38(18)23-5-3-2-4-6-23)9-13-36(14-10-26)24(39)19-15-20(27(29,30)31)17-21(16-19)28(32,33)34/h2-8,11-12,15-18H,9-10,13-14H2,1H3. The fourth-order valence-electron chi connectivity index (χ4n) is 5.65. The van der Waals surface area contributed by atoms with Crippen LogP contribution in [0.2, 0.25) is 0 Å². The van der Waals surface area contributed by atoms with E-state index in [2.05, 4.69) is 4.98 Å². The molecule has 2 aliphatic heterocycles. The first-order valence-corrected chi connectivity index (χ1v) is 12.5. The molecule has 12 heteroatoms. The summed E-state index contributed by atoms with van der Waals surface area (Å²) in [5.74, 6) is -1.16. The van der Waals surface area contributed by atoms with E-state index in [1.54, 1.807) is 29.4 Å². The third-order valence-electron chi connectivity index (χ3n) is 7.51. The molecule has 0 radical (unpaired) electrons. The van der Waals surface area contributed by atoms with Gasteiger partial charge in [0, 0.05) is 42.4 Å². The molecule has 40 heavy (non-hydrogen) atoms. The number of amides is 2. The molecular weight excluding hydrogens is 538 g/mol. The van der Waals surface area contributed by atoms with Crippen LogP contribution in [0.4, 0.5) is 37.7 Å². The van der Waals surface area contributed by atoms with Crippen LogP contribution < -0.4 is 9.80 Å². The number of halogens is 6. The lowest BCUT2D eigenvalue weighted by atomic mass is 9.85. The van der Waals surface area contributed by atoms with Crippen molar-refractivity contribution in [1.82, 2.24) is 9.88 Å². The Balaban J connectivity index is 1.47. The molecule has 5 rings (SSSR count). The molecule has 0 N–H and O–H groups in total. The van der Waals surface area contributed by atoms with Gasteiger partial charge in [-0.05, 0) is 62.2 Å². The maximum Gasteiger partial charge on any atom is 0.416 e. The van der Waals surface area contributed by atoms with Crippen molar-refractivity contribution in [2.45, 2.75) is 43.8 Å². The van der Waals surface area contributed by atoms with E-state index in [4.69, 9.17) is 0 Å². The molecular formula is C28H24F6N4O2. The number of hydrogen-bond donors (Lipinski definition) is 0. The third kappa shape index (κ3) is 4.75. The van der Waals surface area contributed by atoms with Crippen LogP contribution in [-0.4, -0.2) is 46.5 Å². The summed E-state index contributed by atoms with van der Waals surface area (Å²) in [6.45, 7) is 1.80. The van der Waals surface area contributed by atoms with Gasteiger partial charge in [0.1, 0.15) is 11.7 Å². The predicted octanol–water partition coefficient (Wildman–Crippen LogP) is 5.99. The molecule has 1 unspecified atom stereocenters. The molecule has 3 aromatic rings. The van der Waals surface area contributed by atoms with Crippen molar-refractivity contribution in [3.8, 4) is 0 Å². The summed E-state index contributed by atoms with van der Waals surface area (Å²) in [6.07, 6.45) is -7.16. The van der Waals surface area contributed by atoms with Crippen molar-refractivity contribution >= 4 is 23.2 Å². The number of alkyl halides is 6. The second-order valence-electron chi connectivity index (χ2n) is 9.84. The van der Waals surface area contributed by atoms with Crippen LogP contribution in [0.1, 0.15) is 41.3 Å². The number of carbonyl (C=O) groups excluding carboxylic acids is 2. The Morgan fingerprint density at radius 3 is 1.93 bits per heavy atom. The molecule has 0 bridgehead atoms. The summed E-state index contributed by atoms with van der Waals surface area (Å²) in [5.41, 5.74) is -3.49. The predicted molar refractivity (Wildman–Crippen MR) is 134 cm³/mol. The minimum atomic E-state index is -5.07. The molecule has 0 saturated carbocycles. The van der Waals surface area contributed by atoms with E-state index in [0.717, 1.165) is 5.69 Å². The van der Waals surface area contributed by atoms with Crippen LogP contribution in [0.15, 0.2) is 73.1 Å². The Hall–Kier alpha value is -4.09. The average Bonchev–Trinajstić information content (AvgIpc) is 3.13. The van der Waals surface area contributed by atoms with E-state index in [1.807, 2.05) is 42.2 Å². The molecule has 2 amide bonds. The van der Waals surface area contributed by atoms with Gasteiger partial charge in [0.25, 0.3) is 11.8 Å². The van der Waals surface area contributed by atoms with Crippen LogP contribution in [0.5, 0.6) is 0 Å². The first-order valence-electron chi connectivity index (χ1n) is 12.5. The van der Waals surface area contributed by atoms with Gasteiger partial charge in [-0.15, -0.1) is 0 Å². The van der Waals surface area contributed by atoms with Crippen LogP contribution in [-0.2, 0) is 17.1 Å². The molecule has 1 aromatic heterocycles. The number of nitrogens with zero attached hydrogens (tertiary/aromatic N) is 4. The lowest BCUT2D eigenvalue weighted by molar-refractivity contribution is -0.143. The maximum absolute atomic E-state index is 14.0. The molecule has 2 aromatic carbocycles. The van der Waals surface area contributed by atoms with Gasteiger partial charge in [-0.1, -0.05) is 18.2 Å². The van der Waals surface area contributed by atoms with Crippen molar-refractivity contribution in [3.63, 3.8) is 0 Å². The molecule has 3 heterocycles. The van der Waals surface area contributed by atoms with Crippen LogP contribution >= 0.6 is 0 Å². The summed E-state index contributed by atoms with van der Waals surface area (Å²) < 4.78 is 80.2. The highest BCUT2D eigenvalue weighted by molar-refractivity contribution is 6.07. The molecule has 1 atom stereocenters. The number of rotatable bonds is 3. The summed E-state index contributed by atoms with van der Waals surface area (Å²) in [4.78, 5) is 36.1. The monoisotopic (exact) mass is 562 g/mol. The smallest absolute Gasteiger partial charge is 0.338 e. The molecule has 1 spiro atoms. The number of benzene rings is 2. The highest BCUT2D eigenvalue weighted by Crippen LogP contribution is 2.44. The summed E-state index contributed by atoms with van der Waals surface area (Å²) >= 11 is 0. The fourth-order valence-corrected chi connectivity index (χ4v) is 5.65. The molecule has 2 fully saturated rings. The van der Waals surface area contributed by atoms with Crippen molar-refractivity contribution in [3.05, 3.63) is 89.7 Å². The van der Waals surface area contributed by atoms with E-state index in [9.17, 15) is 35.9 Å². The van der Waals surface area contributed by atoms with Crippen LogP contribution in [0.25, 0.3) is 0 Å². The molecule has 2 aliphatic rings. The van der Waals surface area contributed by atoms with E-state index in [1.165, 1.54) is 4.90 Å². The van der Waals surface area contributed by atoms with E-state index in [0.29, 0.717) is 17.8 Å². The zero-order chi connectivity index (χ0) is 28.9. The van der Waals surface area contributed by atoms with Crippen molar-refractivity contribution in [2.24, 2.45) is 0 Å². The van der Waals surface area contributed by atoms with Gasteiger partial charge in [0.2, 0.25) is 0 Å². The van der Waals surface area contributed by atoms with Gasteiger partial charge in [0.15, 0.2) is 0 Å². The number of pyridine rings is 1. The second kappa shape index (κ2) is 9.83.